The van der Waals surface area contributed by atoms with Gasteiger partial charge in [0, 0.05) is 17.4 Å². The summed E-state index contributed by atoms with van der Waals surface area (Å²) in [6.45, 7) is 5.07. The Morgan fingerprint density at radius 2 is 2.00 bits per heavy atom. The third-order valence-corrected chi connectivity index (χ3v) is 4.78. The number of rotatable bonds is 9. The second kappa shape index (κ2) is 9.90. The van der Waals surface area contributed by atoms with Gasteiger partial charge in [-0.2, -0.15) is 0 Å². The lowest BCUT2D eigenvalue weighted by atomic mass is 10.1. The van der Waals surface area contributed by atoms with Gasteiger partial charge in [-0.3, -0.25) is 4.79 Å². The number of anilines is 1. The number of aromatic nitrogens is 1. The number of nitrogens with zero attached hydrogens (tertiary/aromatic N) is 1. The van der Waals surface area contributed by atoms with Crippen molar-refractivity contribution in [1.29, 1.82) is 0 Å². The van der Waals surface area contributed by atoms with Crippen molar-refractivity contribution in [2.45, 2.75) is 26.7 Å². The van der Waals surface area contributed by atoms with Crippen molar-refractivity contribution in [3.8, 4) is 22.8 Å². The molecule has 0 radical (unpaired) electrons. The lowest BCUT2D eigenvalue weighted by molar-refractivity contribution is -0.116. The smallest absolute Gasteiger partial charge is 0.226 e. The maximum atomic E-state index is 12.2. The number of aryl methyl sites for hydroxylation is 1. The summed E-state index contributed by atoms with van der Waals surface area (Å²) in [7, 11) is 0. The molecule has 0 bridgehead atoms. The normalized spacial score (nSPS) is 10.5. The molecule has 0 saturated carbocycles. The van der Waals surface area contributed by atoms with E-state index in [1.54, 1.807) is 0 Å². The number of ether oxygens (including phenoxy) is 2. The summed E-state index contributed by atoms with van der Waals surface area (Å²) in [4.78, 5) is 16.7. The molecule has 1 N–H and O–H groups in total. The van der Waals surface area contributed by atoms with E-state index in [1.807, 2.05) is 67.8 Å². The molecule has 5 nitrogen and oxygen atoms in total. The molecule has 0 fully saturated rings. The van der Waals surface area contributed by atoms with Crippen LogP contribution in [-0.2, 0) is 4.79 Å². The molecule has 146 valence electrons. The third-order valence-electron chi connectivity index (χ3n) is 4.02. The van der Waals surface area contributed by atoms with E-state index in [1.165, 1.54) is 11.3 Å². The number of carbonyl (C=O) groups excluding carboxylic acids is 1. The highest BCUT2D eigenvalue weighted by Gasteiger charge is 2.11. The zero-order valence-corrected chi connectivity index (χ0v) is 16.9. The molecule has 6 heteroatoms. The molecule has 3 rings (SSSR count). The summed E-state index contributed by atoms with van der Waals surface area (Å²) in [5.74, 6) is 1.56. The van der Waals surface area contributed by atoms with Gasteiger partial charge >= 0.3 is 0 Å². The minimum Gasteiger partial charge on any atom is -0.494 e. The number of para-hydroxylation sites is 1. The lowest BCUT2D eigenvalue weighted by Gasteiger charge is -2.07. The van der Waals surface area contributed by atoms with Gasteiger partial charge < -0.3 is 14.8 Å². The summed E-state index contributed by atoms with van der Waals surface area (Å²) in [6, 6.07) is 15.7. The topological polar surface area (TPSA) is 60.5 Å². The molecule has 1 heterocycles. The van der Waals surface area contributed by atoms with Gasteiger partial charge in [-0.25, -0.2) is 4.98 Å². The van der Waals surface area contributed by atoms with E-state index in [4.69, 9.17) is 9.47 Å². The molecule has 28 heavy (non-hydrogen) atoms. The Kier molecular flexibility index (Phi) is 7.03. The first-order valence-corrected chi connectivity index (χ1v) is 10.2. The van der Waals surface area contributed by atoms with E-state index < -0.39 is 0 Å². The molecule has 0 saturated heterocycles. The Labute approximate surface area is 169 Å². The van der Waals surface area contributed by atoms with Crippen LogP contribution in [0.5, 0.6) is 11.5 Å². The van der Waals surface area contributed by atoms with Gasteiger partial charge in [0.15, 0.2) is 5.13 Å². The summed E-state index contributed by atoms with van der Waals surface area (Å²) in [6.07, 6.45) is 1.03. The second-order valence-corrected chi connectivity index (χ2v) is 7.14. The fraction of sp³-hybridized carbons (Fsp3) is 0.273. The molecule has 0 spiro atoms. The first-order chi connectivity index (χ1) is 13.7. The molecule has 0 unspecified atom stereocenters. The molecular formula is C22H24N2O3S. The van der Waals surface area contributed by atoms with E-state index in [0.29, 0.717) is 31.2 Å². The van der Waals surface area contributed by atoms with E-state index in [2.05, 4.69) is 10.3 Å². The number of benzene rings is 2. The summed E-state index contributed by atoms with van der Waals surface area (Å²) in [5.41, 5.74) is 2.88. The minimum atomic E-state index is -0.0631. The predicted molar refractivity (Wildman–Crippen MR) is 113 cm³/mol. The van der Waals surface area contributed by atoms with Crippen LogP contribution in [0.1, 0.15) is 25.3 Å². The van der Waals surface area contributed by atoms with Crippen LogP contribution in [0.3, 0.4) is 0 Å². The van der Waals surface area contributed by atoms with E-state index in [0.717, 1.165) is 28.3 Å². The van der Waals surface area contributed by atoms with Gasteiger partial charge in [-0.05, 0) is 50.1 Å². The Bertz CT molecular complexity index is 923. The van der Waals surface area contributed by atoms with Gasteiger partial charge in [0.25, 0.3) is 0 Å². The Balaban J connectivity index is 1.49. The van der Waals surface area contributed by atoms with Crippen molar-refractivity contribution >= 4 is 22.4 Å². The van der Waals surface area contributed by atoms with Gasteiger partial charge in [0.2, 0.25) is 5.91 Å². The number of carbonyl (C=O) groups is 1. The highest BCUT2D eigenvalue weighted by Crippen LogP contribution is 2.32. The van der Waals surface area contributed by atoms with Gasteiger partial charge in [0.05, 0.1) is 18.9 Å². The molecule has 0 atom stereocenters. The second-order valence-electron chi connectivity index (χ2n) is 6.28. The van der Waals surface area contributed by atoms with Crippen LogP contribution in [0, 0.1) is 6.92 Å². The molecular weight excluding hydrogens is 372 g/mol. The van der Waals surface area contributed by atoms with Gasteiger partial charge in [-0.1, -0.05) is 24.3 Å². The molecule has 1 amide bonds. The van der Waals surface area contributed by atoms with Crippen molar-refractivity contribution in [2.24, 2.45) is 0 Å². The highest BCUT2D eigenvalue weighted by atomic mass is 32.1. The van der Waals surface area contributed by atoms with E-state index in [9.17, 15) is 4.79 Å². The molecule has 2 aromatic carbocycles. The van der Waals surface area contributed by atoms with Gasteiger partial charge in [-0.15, -0.1) is 11.3 Å². The summed E-state index contributed by atoms with van der Waals surface area (Å²) < 4.78 is 11.3. The number of hydrogen-bond donors (Lipinski definition) is 1. The standard InChI is InChI=1S/C22H24N2O3S/c1-3-26-20-11-5-4-10-18(20)19-15-28-22(23-19)24-21(25)12-7-13-27-17-9-6-8-16(2)14-17/h4-6,8-11,14-15H,3,7,12-13H2,1-2H3,(H,23,24,25). The molecule has 1 aromatic heterocycles. The van der Waals surface area contributed by atoms with Crippen LogP contribution in [0.4, 0.5) is 5.13 Å². The van der Waals surface area contributed by atoms with Crippen LogP contribution in [0.15, 0.2) is 53.9 Å². The molecule has 0 aliphatic carbocycles. The fourth-order valence-corrected chi connectivity index (χ4v) is 3.45. The average Bonchev–Trinajstić information content (AvgIpc) is 3.14. The lowest BCUT2D eigenvalue weighted by Crippen LogP contribution is -2.12. The zero-order valence-electron chi connectivity index (χ0n) is 16.1. The fourth-order valence-electron chi connectivity index (χ4n) is 2.72. The van der Waals surface area contributed by atoms with Crippen LogP contribution >= 0.6 is 11.3 Å². The van der Waals surface area contributed by atoms with Crippen molar-refractivity contribution in [1.82, 2.24) is 4.98 Å². The highest BCUT2D eigenvalue weighted by molar-refractivity contribution is 7.14. The van der Waals surface area contributed by atoms with E-state index in [-0.39, 0.29) is 5.91 Å². The number of thiazole rings is 1. The monoisotopic (exact) mass is 396 g/mol. The largest absolute Gasteiger partial charge is 0.494 e. The van der Waals surface area contributed by atoms with Crippen LogP contribution in [0.2, 0.25) is 0 Å². The number of hydrogen-bond acceptors (Lipinski definition) is 5. The minimum absolute atomic E-state index is 0.0631. The zero-order chi connectivity index (χ0) is 19.8. The quantitative estimate of drug-likeness (QED) is 0.498. The van der Waals surface area contributed by atoms with Crippen molar-refractivity contribution < 1.29 is 14.3 Å². The number of amides is 1. The maximum absolute atomic E-state index is 12.2. The van der Waals surface area contributed by atoms with Crippen LogP contribution < -0.4 is 14.8 Å². The van der Waals surface area contributed by atoms with Crippen LogP contribution in [-0.4, -0.2) is 24.1 Å². The third kappa shape index (κ3) is 5.57. The van der Waals surface area contributed by atoms with Crippen molar-refractivity contribution in [3.63, 3.8) is 0 Å². The SMILES string of the molecule is CCOc1ccccc1-c1csc(NC(=O)CCCOc2cccc(C)c2)n1. The Hall–Kier alpha value is -2.86. The van der Waals surface area contributed by atoms with Crippen molar-refractivity contribution in [3.05, 3.63) is 59.5 Å². The Morgan fingerprint density at radius 1 is 1.14 bits per heavy atom. The molecule has 3 aromatic rings. The predicted octanol–water partition coefficient (Wildman–Crippen LogP) is 5.31. The van der Waals surface area contributed by atoms with Gasteiger partial charge in [0.1, 0.15) is 11.5 Å². The number of nitrogens with one attached hydrogen (secondary N) is 1. The first-order valence-electron chi connectivity index (χ1n) is 9.32. The molecule has 0 aliphatic heterocycles. The molecule has 0 aliphatic rings. The summed E-state index contributed by atoms with van der Waals surface area (Å²) in [5, 5.41) is 5.38. The van der Waals surface area contributed by atoms with E-state index >= 15 is 0 Å². The van der Waals surface area contributed by atoms with Crippen molar-refractivity contribution in [2.75, 3.05) is 18.5 Å². The Morgan fingerprint density at radius 3 is 2.82 bits per heavy atom. The average molecular weight is 397 g/mol. The maximum Gasteiger partial charge on any atom is 0.226 e. The summed E-state index contributed by atoms with van der Waals surface area (Å²) >= 11 is 1.41. The van der Waals surface area contributed by atoms with Crippen LogP contribution in [0.25, 0.3) is 11.3 Å². The first kappa shape index (κ1) is 19.9.